The van der Waals surface area contributed by atoms with Crippen molar-refractivity contribution in [3.8, 4) is 21.5 Å². The fraction of sp³-hybridized carbons (Fsp3) is 0. The molecule has 0 aliphatic carbocycles. The summed E-state index contributed by atoms with van der Waals surface area (Å²) in [6.07, 6.45) is 0. The molecule has 7 heteroatoms. The second-order valence-corrected chi connectivity index (χ2v) is 6.20. The first kappa shape index (κ1) is 10.9. The van der Waals surface area contributed by atoms with Crippen molar-refractivity contribution in [3.05, 3.63) is 28.1 Å². The van der Waals surface area contributed by atoms with Gasteiger partial charge in [-0.05, 0) is 34.1 Å². The van der Waals surface area contributed by atoms with E-state index in [9.17, 15) is 0 Å². The lowest BCUT2D eigenvalue weighted by atomic mass is 10.4. The second kappa shape index (κ2) is 4.25. The maximum atomic E-state index is 5.66. The maximum absolute atomic E-state index is 5.66. The monoisotopic (exact) mass is 327 g/mol. The highest BCUT2D eigenvalue weighted by atomic mass is 79.9. The summed E-state index contributed by atoms with van der Waals surface area (Å²) in [5, 5.41) is 6.67. The van der Waals surface area contributed by atoms with Crippen LogP contribution in [0.1, 0.15) is 0 Å². The number of thiophene rings is 2. The molecule has 86 valence electrons. The van der Waals surface area contributed by atoms with Crippen LogP contribution in [0, 0.1) is 0 Å². The van der Waals surface area contributed by atoms with E-state index in [2.05, 4.69) is 26.1 Å². The number of anilines is 1. The first-order valence-corrected chi connectivity index (χ1v) is 7.15. The molecular weight excluding hydrogens is 322 g/mol. The summed E-state index contributed by atoms with van der Waals surface area (Å²) in [6.45, 7) is 0. The Kier molecular flexibility index (Phi) is 2.73. The highest BCUT2D eigenvalue weighted by molar-refractivity contribution is 9.10. The molecule has 0 unspecified atom stereocenters. The summed E-state index contributed by atoms with van der Waals surface area (Å²) in [4.78, 5) is 6.20. The molecular formula is C10H6BrN3OS2. The van der Waals surface area contributed by atoms with Crippen LogP contribution < -0.4 is 5.73 Å². The molecule has 0 saturated carbocycles. The number of nitrogens with zero attached hydrogens (tertiary/aromatic N) is 2. The normalized spacial score (nSPS) is 10.9. The third-order valence-electron chi connectivity index (χ3n) is 2.05. The Hall–Kier alpha value is -1.18. The molecule has 2 N–H and O–H groups in total. The molecule has 0 bridgehead atoms. The minimum Gasteiger partial charge on any atom is -0.391 e. The van der Waals surface area contributed by atoms with Gasteiger partial charge >= 0.3 is 0 Å². The fourth-order valence-electron chi connectivity index (χ4n) is 1.32. The molecule has 3 rings (SSSR count). The van der Waals surface area contributed by atoms with Crippen molar-refractivity contribution in [3.63, 3.8) is 0 Å². The van der Waals surface area contributed by atoms with E-state index in [4.69, 9.17) is 10.3 Å². The van der Waals surface area contributed by atoms with Gasteiger partial charge in [0.2, 0.25) is 5.82 Å². The van der Waals surface area contributed by atoms with Crippen LogP contribution in [0.25, 0.3) is 21.5 Å². The average Bonchev–Trinajstić information content (AvgIpc) is 2.96. The molecule has 3 aromatic heterocycles. The van der Waals surface area contributed by atoms with Gasteiger partial charge in [-0.3, -0.25) is 0 Å². The largest absolute Gasteiger partial charge is 0.391 e. The Labute approximate surface area is 113 Å². The lowest BCUT2D eigenvalue weighted by molar-refractivity contribution is 0.433. The van der Waals surface area contributed by atoms with Crippen molar-refractivity contribution in [1.29, 1.82) is 0 Å². The summed E-state index contributed by atoms with van der Waals surface area (Å²) in [5.41, 5.74) is 5.66. The molecule has 0 saturated heterocycles. The maximum Gasteiger partial charge on any atom is 0.268 e. The van der Waals surface area contributed by atoms with Crippen LogP contribution in [0.5, 0.6) is 0 Å². The third-order valence-corrected chi connectivity index (χ3v) is 4.64. The Morgan fingerprint density at radius 3 is 2.82 bits per heavy atom. The summed E-state index contributed by atoms with van der Waals surface area (Å²) in [6, 6.07) is 5.66. The van der Waals surface area contributed by atoms with Crippen molar-refractivity contribution in [2.24, 2.45) is 0 Å². The highest BCUT2D eigenvalue weighted by Crippen LogP contribution is 2.32. The third kappa shape index (κ3) is 2.13. The second-order valence-electron chi connectivity index (χ2n) is 3.25. The van der Waals surface area contributed by atoms with Gasteiger partial charge in [0.25, 0.3) is 5.89 Å². The number of hydrogen-bond acceptors (Lipinski definition) is 6. The summed E-state index contributed by atoms with van der Waals surface area (Å²) < 4.78 is 6.23. The van der Waals surface area contributed by atoms with E-state index in [0.29, 0.717) is 11.7 Å². The van der Waals surface area contributed by atoms with Gasteiger partial charge in [-0.1, -0.05) is 5.16 Å². The number of hydrogen-bond donors (Lipinski definition) is 1. The van der Waals surface area contributed by atoms with Crippen LogP contribution in [0.15, 0.2) is 32.6 Å². The Bertz CT molecular complexity index is 603. The van der Waals surface area contributed by atoms with Gasteiger partial charge in [-0.25, -0.2) is 0 Å². The molecule has 0 fully saturated rings. The molecule has 3 heterocycles. The van der Waals surface area contributed by atoms with Crippen LogP contribution in [0.3, 0.4) is 0 Å². The molecule has 17 heavy (non-hydrogen) atoms. The first-order valence-electron chi connectivity index (χ1n) is 4.66. The van der Waals surface area contributed by atoms with Gasteiger partial charge in [-0.2, -0.15) is 4.98 Å². The minimum absolute atomic E-state index is 0.506. The summed E-state index contributed by atoms with van der Waals surface area (Å²) in [5.74, 6) is 1.11. The van der Waals surface area contributed by atoms with Crippen molar-refractivity contribution < 1.29 is 4.52 Å². The van der Waals surface area contributed by atoms with E-state index >= 15 is 0 Å². The van der Waals surface area contributed by atoms with Gasteiger partial charge in [-0.15, -0.1) is 22.7 Å². The van der Waals surface area contributed by atoms with Gasteiger partial charge < -0.3 is 10.3 Å². The van der Waals surface area contributed by atoms with Crippen molar-refractivity contribution >= 4 is 43.6 Å². The van der Waals surface area contributed by atoms with Gasteiger partial charge in [0.1, 0.15) is 0 Å². The van der Waals surface area contributed by atoms with Crippen molar-refractivity contribution in [2.75, 3.05) is 5.73 Å². The lowest BCUT2D eigenvalue weighted by Crippen LogP contribution is -1.75. The highest BCUT2D eigenvalue weighted by Gasteiger charge is 2.13. The number of rotatable bonds is 2. The van der Waals surface area contributed by atoms with E-state index in [1.807, 2.05) is 23.6 Å². The van der Waals surface area contributed by atoms with Crippen LogP contribution in [0.4, 0.5) is 5.00 Å². The fourth-order valence-corrected chi connectivity index (χ4v) is 3.37. The quantitative estimate of drug-likeness (QED) is 0.775. The molecule has 4 nitrogen and oxygen atoms in total. The predicted octanol–water partition coefficient (Wildman–Crippen LogP) is 3.87. The molecule has 3 aromatic rings. The number of halogens is 1. The molecule has 0 aliphatic heterocycles. The van der Waals surface area contributed by atoms with Crippen LogP contribution in [0.2, 0.25) is 0 Å². The molecule has 0 spiro atoms. The zero-order valence-electron chi connectivity index (χ0n) is 8.38. The van der Waals surface area contributed by atoms with Gasteiger partial charge in [0.05, 0.1) is 14.8 Å². The first-order chi connectivity index (χ1) is 8.22. The van der Waals surface area contributed by atoms with E-state index < -0.39 is 0 Å². The molecule has 0 amide bonds. The van der Waals surface area contributed by atoms with Crippen LogP contribution in [-0.4, -0.2) is 10.1 Å². The zero-order chi connectivity index (χ0) is 11.8. The van der Waals surface area contributed by atoms with E-state index in [1.54, 1.807) is 11.3 Å². The van der Waals surface area contributed by atoms with E-state index in [0.717, 1.165) is 19.2 Å². The minimum atomic E-state index is 0.506. The van der Waals surface area contributed by atoms with Gasteiger partial charge in [0, 0.05) is 9.85 Å². The predicted molar refractivity (Wildman–Crippen MR) is 73.0 cm³/mol. The smallest absolute Gasteiger partial charge is 0.268 e. The number of aromatic nitrogens is 2. The van der Waals surface area contributed by atoms with Crippen molar-refractivity contribution in [2.45, 2.75) is 0 Å². The molecule has 0 aliphatic rings. The zero-order valence-corrected chi connectivity index (χ0v) is 11.6. The SMILES string of the molecule is Nc1ccc(-c2nc(-c3cc(Br)cs3)no2)s1. The summed E-state index contributed by atoms with van der Waals surface area (Å²) in [7, 11) is 0. The molecule has 0 aromatic carbocycles. The van der Waals surface area contributed by atoms with E-state index in [-0.39, 0.29) is 0 Å². The topological polar surface area (TPSA) is 64.9 Å². The van der Waals surface area contributed by atoms with Crippen LogP contribution >= 0.6 is 38.6 Å². The summed E-state index contributed by atoms with van der Waals surface area (Å²) >= 11 is 6.39. The van der Waals surface area contributed by atoms with Crippen molar-refractivity contribution in [1.82, 2.24) is 10.1 Å². The molecule has 0 radical (unpaired) electrons. The number of nitrogen functional groups attached to an aromatic ring is 1. The van der Waals surface area contributed by atoms with Gasteiger partial charge in [0.15, 0.2) is 0 Å². The van der Waals surface area contributed by atoms with E-state index in [1.165, 1.54) is 11.3 Å². The van der Waals surface area contributed by atoms with Crippen LogP contribution in [-0.2, 0) is 0 Å². The Morgan fingerprint density at radius 2 is 2.18 bits per heavy atom. The molecule has 0 atom stereocenters. The Balaban J connectivity index is 1.98. The standard InChI is InChI=1S/C10H6BrN3OS2/c11-5-3-7(16-4-5)9-13-10(15-14-9)6-1-2-8(12)17-6/h1-4H,12H2. The average molecular weight is 328 g/mol. The Morgan fingerprint density at radius 1 is 1.29 bits per heavy atom. The number of nitrogens with two attached hydrogens (primary N) is 1. The lowest BCUT2D eigenvalue weighted by Gasteiger charge is -1.84.